The van der Waals surface area contributed by atoms with E-state index >= 15 is 0 Å². The molecule has 1 aromatic carbocycles. The monoisotopic (exact) mass is 301 g/mol. The molecule has 5 nitrogen and oxygen atoms in total. The number of ether oxygens (including phenoxy) is 2. The third kappa shape index (κ3) is 1.99. The minimum atomic E-state index is -0.234. The lowest BCUT2D eigenvalue weighted by Gasteiger charge is -2.23. The maximum absolute atomic E-state index is 12.6. The van der Waals surface area contributed by atoms with Gasteiger partial charge in [-0.15, -0.1) is 0 Å². The lowest BCUT2D eigenvalue weighted by Crippen LogP contribution is -2.35. The number of fused-ring (bicyclic) bond motifs is 1. The Labute approximate surface area is 129 Å². The van der Waals surface area contributed by atoms with Crippen LogP contribution in [0.5, 0.6) is 5.75 Å². The number of anilines is 1. The number of esters is 1. The summed E-state index contributed by atoms with van der Waals surface area (Å²) in [7, 11) is 0. The number of nitrogens with one attached hydrogen (secondary N) is 1. The van der Waals surface area contributed by atoms with Gasteiger partial charge in [0.05, 0.1) is 18.4 Å². The van der Waals surface area contributed by atoms with Gasteiger partial charge in [0.2, 0.25) is 5.91 Å². The number of hydrogen-bond donors (Lipinski definition) is 1. The first-order valence-corrected chi connectivity index (χ1v) is 7.91. The van der Waals surface area contributed by atoms with Gasteiger partial charge in [-0.3, -0.25) is 9.59 Å². The molecule has 4 rings (SSSR count). The summed E-state index contributed by atoms with van der Waals surface area (Å²) >= 11 is 0. The average molecular weight is 301 g/mol. The number of carbonyl (C=O) groups is 2. The molecule has 0 spiro atoms. The first-order valence-electron chi connectivity index (χ1n) is 7.91. The maximum atomic E-state index is 12.6. The molecule has 3 aliphatic rings. The van der Waals surface area contributed by atoms with Crippen LogP contribution in [-0.2, 0) is 14.3 Å². The fraction of sp³-hybridized carbons (Fsp3) is 0.529. The molecular formula is C17H19NO4. The molecule has 0 aromatic heterocycles. The van der Waals surface area contributed by atoms with Crippen LogP contribution in [0.2, 0.25) is 0 Å². The summed E-state index contributed by atoms with van der Waals surface area (Å²) in [6.07, 6.45) is 1.86. The summed E-state index contributed by atoms with van der Waals surface area (Å²) in [4.78, 5) is 24.6. The molecular weight excluding hydrogens is 282 g/mol. The zero-order valence-corrected chi connectivity index (χ0v) is 12.5. The lowest BCUT2D eigenvalue weighted by molar-refractivity contribution is -0.145. The lowest BCUT2D eigenvalue weighted by atomic mass is 9.79. The van der Waals surface area contributed by atoms with E-state index in [9.17, 15) is 9.59 Å². The highest BCUT2D eigenvalue weighted by Crippen LogP contribution is 2.57. The van der Waals surface area contributed by atoms with Crippen LogP contribution in [0.4, 0.5) is 5.69 Å². The second-order valence-electron chi connectivity index (χ2n) is 6.37. The van der Waals surface area contributed by atoms with Gasteiger partial charge in [-0.05, 0) is 49.9 Å². The van der Waals surface area contributed by atoms with Gasteiger partial charge in [-0.25, -0.2) is 0 Å². The topological polar surface area (TPSA) is 64.6 Å². The van der Waals surface area contributed by atoms with Gasteiger partial charge in [0.1, 0.15) is 11.9 Å². The van der Waals surface area contributed by atoms with Crippen molar-refractivity contribution in [2.75, 3.05) is 11.9 Å². The normalized spacial score (nSPS) is 34.6. The number of rotatable bonds is 4. The highest BCUT2D eigenvalue weighted by atomic mass is 16.6. The van der Waals surface area contributed by atoms with Crippen LogP contribution in [-0.4, -0.2) is 24.6 Å². The average Bonchev–Trinajstić information content (AvgIpc) is 3.11. The number of benzene rings is 1. The first kappa shape index (κ1) is 13.6. The van der Waals surface area contributed by atoms with Crippen molar-refractivity contribution in [3.05, 3.63) is 24.3 Å². The molecule has 116 valence electrons. The van der Waals surface area contributed by atoms with Crippen LogP contribution in [0, 0.1) is 23.7 Å². The van der Waals surface area contributed by atoms with Gasteiger partial charge in [-0.1, -0.05) is 0 Å². The van der Waals surface area contributed by atoms with E-state index in [1.807, 2.05) is 31.2 Å². The van der Waals surface area contributed by atoms with Crippen LogP contribution >= 0.6 is 0 Å². The molecule has 0 radical (unpaired) electrons. The maximum Gasteiger partial charge on any atom is 0.310 e. The van der Waals surface area contributed by atoms with Gasteiger partial charge in [0, 0.05) is 11.6 Å². The Morgan fingerprint density at radius 1 is 1.32 bits per heavy atom. The van der Waals surface area contributed by atoms with Crippen molar-refractivity contribution in [3.8, 4) is 5.75 Å². The van der Waals surface area contributed by atoms with E-state index in [1.165, 1.54) is 0 Å². The summed E-state index contributed by atoms with van der Waals surface area (Å²) in [5.41, 5.74) is 0.735. The van der Waals surface area contributed by atoms with Gasteiger partial charge in [0.25, 0.3) is 0 Å². The Kier molecular flexibility index (Phi) is 3.10. The van der Waals surface area contributed by atoms with Crippen molar-refractivity contribution in [2.24, 2.45) is 23.7 Å². The van der Waals surface area contributed by atoms with E-state index in [0.717, 1.165) is 24.3 Å². The number of amides is 1. The van der Waals surface area contributed by atoms with Crippen molar-refractivity contribution >= 4 is 17.6 Å². The summed E-state index contributed by atoms with van der Waals surface area (Å²) in [6, 6.07) is 7.32. The Bertz CT molecular complexity index is 610. The van der Waals surface area contributed by atoms with Crippen molar-refractivity contribution in [1.82, 2.24) is 0 Å². The smallest absolute Gasteiger partial charge is 0.310 e. The molecule has 1 N–H and O–H groups in total. The fourth-order valence-corrected chi connectivity index (χ4v) is 4.39. The van der Waals surface area contributed by atoms with Crippen molar-refractivity contribution in [3.63, 3.8) is 0 Å². The largest absolute Gasteiger partial charge is 0.494 e. The van der Waals surface area contributed by atoms with E-state index in [4.69, 9.17) is 9.47 Å². The van der Waals surface area contributed by atoms with Crippen molar-refractivity contribution in [1.29, 1.82) is 0 Å². The standard InChI is InChI=1S/C17H19NO4/c1-2-21-11-5-3-10(4-6-11)18-16(19)14-9-7-12-13(8-9)22-17(20)15(12)14/h3-6,9,12-15H,2,7-8H2,1H3,(H,18,19)/t9-,12-,13+,14+,15-/m1/s1. The molecule has 22 heavy (non-hydrogen) atoms. The zero-order chi connectivity index (χ0) is 15.3. The molecule has 2 bridgehead atoms. The predicted octanol–water partition coefficient (Wildman–Crippen LogP) is 2.22. The van der Waals surface area contributed by atoms with E-state index < -0.39 is 0 Å². The molecule has 1 aliphatic heterocycles. The summed E-state index contributed by atoms with van der Waals surface area (Å²) in [6.45, 7) is 2.54. The molecule has 5 atom stereocenters. The first-order chi connectivity index (χ1) is 10.7. The van der Waals surface area contributed by atoms with Crippen LogP contribution in [0.25, 0.3) is 0 Å². The van der Waals surface area contributed by atoms with Gasteiger partial charge < -0.3 is 14.8 Å². The van der Waals surface area contributed by atoms with Gasteiger partial charge in [0.15, 0.2) is 0 Å². The Morgan fingerprint density at radius 2 is 2.09 bits per heavy atom. The predicted molar refractivity (Wildman–Crippen MR) is 79.3 cm³/mol. The summed E-state index contributed by atoms with van der Waals surface area (Å²) < 4.78 is 10.8. The second kappa shape index (κ2) is 5.00. The summed E-state index contributed by atoms with van der Waals surface area (Å²) in [5, 5.41) is 2.94. The van der Waals surface area contributed by atoms with Gasteiger partial charge in [-0.2, -0.15) is 0 Å². The third-order valence-electron chi connectivity index (χ3n) is 5.22. The molecule has 1 heterocycles. The molecule has 2 aliphatic carbocycles. The minimum absolute atomic E-state index is 0.0565. The molecule has 1 aromatic rings. The Morgan fingerprint density at radius 3 is 2.82 bits per heavy atom. The van der Waals surface area contributed by atoms with E-state index in [2.05, 4.69) is 5.32 Å². The Hall–Kier alpha value is -2.04. The van der Waals surface area contributed by atoms with Crippen LogP contribution in [0.3, 0.4) is 0 Å². The van der Waals surface area contributed by atoms with Crippen molar-refractivity contribution < 1.29 is 19.1 Å². The van der Waals surface area contributed by atoms with Crippen LogP contribution in [0.15, 0.2) is 24.3 Å². The third-order valence-corrected chi connectivity index (χ3v) is 5.22. The molecule has 3 fully saturated rings. The molecule has 0 unspecified atom stereocenters. The number of hydrogen-bond acceptors (Lipinski definition) is 4. The van der Waals surface area contributed by atoms with Crippen LogP contribution < -0.4 is 10.1 Å². The van der Waals surface area contributed by atoms with Crippen molar-refractivity contribution in [2.45, 2.75) is 25.9 Å². The molecule has 2 saturated carbocycles. The quantitative estimate of drug-likeness (QED) is 0.866. The second-order valence-corrected chi connectivity index (χ2v) is 6.37. The molecule has 1 amide bonds. The van der Waals surface area contributed by atoms with E-state index in [1.54, 1.807) is 0 Å². The fourth-order valence-electron chi connectivity index (χ4n) is 4.39. The van der Waals surface area contributed by atoms with Gasteiger partial charge >= 0.3 is 5.97 Å². The van der Waals surface area contributed by atoms with E-state index in [-0.39, 0.29) is 41.7 Å². The zero-order valence-electron chi connectivity index (χ0n) is 12.5. The SMILES string of the molecule is CCOc1ccc(NC(=O)[C@H]2[C@@H]3C[C@H]4[C@H]2C(=O)O[C@H]4C3)cc1. The van der Waals surface area contributed by atoms with Crippen LogP contribution in [0.1, 0.15) is 19.8 Å². The molecule has 5 heteroatoms. The molecule has 1 saturated heterocycles. The highest BCUT2D eigenvalue weighted by Gasteiger charge is 2.63. The highest BCUT2D eigenvalue weighted by molar-refractivity contribution is 5.97. The van der Waals surface area contributed by atoms with E-state index in [0.29, 0.717) is 6.61 Å². The number of carbonyl (C=O) groups excluding carboxylic acids is 2. The minimum Gasteiger partial charge on any atom is -0.494 e. The Balaban J connectivity index is 1.47. The summed E-state index contributed by atoms with van der Waals surface area (Å²) in [5.74, 6) is 0.625.